The molecule has 2 heterocycles. The minimum atomic E-state index is -1.16. The van der Waals surface area contributed by atoms with Crippen LogP contribution in [0.2, 0.25) is 0 Å². The number of Topliss-reactive ketones (excluding diaryl/α,β-unsaturated/α-hetero) is 1. The molecule has 7 unspecified atom stereocenters. The fraction of sp³-hybridized carbons (Fsp3) is 0.641. The Bertz CT molecular complexity index is 1590. The molecule has 0 amide bonds. The van der Waals surface area contributed by atoms with Crippen LogP contribution in [0, 0.1) is 39.4 Å². The van der Waals surface area contributed by atoms with Crippen molar-refractivity contribution in [3.63, 3.8) is 0 Å². The predicted octanol–water partition coefficient (Wildman–Crippen LogP) is 5.61. The molecule has 1 aromatic heterocycles. The largest absolute Gasteiger partial charge is 0.462 e. The molecule has 0 aromatic carbocycles. The van der Waals surface area contributed by atoms with E-state index in [1.165, 1.54) is 27.7 Å². The van der Waals surface area contributed by atoms with Gasteiger partial charge in [-0.15, -0.1) is 0 Å². The number of hydrogen-bond donors (Lipinski definition) is 0. The third-order valence-electron chi connectivity index (χ3n) is 12.6. The highest BCUT2D eigenvalue weighted by atomic mass is 16.6. The molecule has 11 atom stereocenters. The number of pyridine rings is 1. The Hall–Kier alpha value is -3.86. The van der Waals surface area contributed by atoms with Crippen LogP contribution >= 0.6 is 0 Å². The first-order chi connectivity index (χ1) is 23.4. The van der Waals surface area contributed by atoms with E-state index in [0.29, 0.717) is 18.4 Å². The highest BCUT2D eigenvalue weighted by Gasteiger charge is 2.76. The molecule has 0 spiro atoms. The molecule has 2 fully saturated rings. The standard InChI is InChI=1S/C39H51NO10/c1-22-18-32(48-25(4)42)38(9)30(37(22,8)19-29(45)28-12-10-16-40-20-28)14-15-36(7)31-13-11-17-46-21-39(31,23(2)47-24(3)41)35(50-27(6)44)33(34(36)38)49-26(5)43/h10-13,16,18,20,23,30-35H,14-15,17,19,21H2,1-9H3/t23-,30?,31?,32?,33-,34?,35-,36?,37+,38?,39?/m0/s1. The van der Waals surface area contributed by atoms with Crippen LogP contribution in [-0.4, -0.2) is 72.3 Å². The summed E-state index contributed by atoms with van der Waals surface area (Å²) >= 11 is 0. The summed E-state index contributed by atoms with van der Waals surface area (Å²) in [6, 6.07) is 3.49. The number of esters is 4. The number of nitrogens with zero attached hydrogens (tertiary/aromatic N) is 1. The van der Waals surface area contributed by atoms with Crippen molar-refractivity contribution < 1.29 is 47.7 Å². The quantitative estimate of drug-likeness (QED) is 0.145. The van der Waals surface area contributed by atoms with Gasteiger partial charge in [-0.1, -0.05) is 38.5 Å². The Labute approximate surface area is 294 Å². The minimum absolute atomic E-state index is 0.0565. The average Bonchev–Trinajstić information content (AvgIpc) is 3.26. The number of rotatable bonds is 8. The van der Waals surface area contributed by atoms with Gasteiger partial charge in [0.2, 0.25) is 0 Å². The van der Waals surface area contributed by atoms with Gasteiger partial charge in [-0.25, -0.2) is 0 Å². The molecule has 5 rings (SSSR count). The molecule has 0 saturated heterocycles. The van der Waals surface area contributed by atoms with E-state index in [0.717, 1.165) is 5.57 Å². The van der Waals surface area contributed by atoms with E-state index in [4.69, 9.17) is 23.7 Å². The van der Waals surface area contributed by atoms with Gasteiger partial charge in [0.25, 0.3) is 0 Å². The first-order valence-corrected chi connectivity index (χ1v) is 17.5. The monoisotopic (exact) mass is 693 g/mol. The predicted molar refractivity (Wildman–Crippen MR) is 181 cm³/mol. The summed E-state index contributed by atoms with van der Waals surface area (Å²) < 4.78 is 30.9. The third-order valence-corrected chi connectivity index (χ3v) is 12.6. The second kappa shape index (κ2) is 13.7. The van der Waals surface area contributed by atoms with Crippen LogP contribution in [0.1, 0.15) is 91.9 Å². The number of carbonyl (C=O) groups excluding carboxylic acids is 5. The van der Waals surface area contributed by atoms with Crippen molar-refractivity contribution in [1.29, 1.82) is 0 Å². The van der Waals surface area contributed by atoms with Crippen molar-refractivity contribution in [1.82, 2.24) is 4.98 Å². The Morgan fingerprint density at radius 2 is 1.66 bits per heavy atom. The fourth-order valence-corrected chi connectivity index (χ4v) is 10.7. The molecule has 50 heavy (non-hydrogen) atoms. The van der Waals surface area contributed by atoms with Crippen LogP contribution in [0.25, 0.3) is 0 Å². The van der Waals surface area contributed by atoms with E-state index in [1.807, 2.05) is 19.1 Å². The van der Waals surface area contributed by atoms with E-state index in [2.05, 4.69) is 31.8 Å². The number of hydrogen-bond acceptors (Lipinski definition) is 11. The first kappa shape index (κ1) is 37.4. The van der Waals surface area contributed by atoms with Crippen molar-refractivity contribution in [2.75, 3.05) is 13.2 Å². The van der Waals surface area contributed by atoms with Crippen molar-refractivity contribution >= 4 is 29.7 Å². The SMILES string of the molecule is CC(=O)OC1C=C(C)[C@@](C)(CC(=O)c2cccnc2)C2CCC3(C)C([C@H](OC(C)=O)[C@H](OC(C)=O)C4([C@H](C)OC(C)=O)COCC=CC34)C12C. The third kappa shape index (κ3) is 6.09. The molecule has 1 aliphatic heterocycles. The Balaban J connectivity index is 1.79. The Kier molecular flexibility index (Phi) is 10.2. The van der Waals surface area contributed by atoms with Gasteiger partial charge >= 0.3 is 23.9 Å². The zero-order chi connectivity index (χ0) is 36.8. The summed E-state index contributed by atoms with van der Waals surface area (Å²) in [7, 11) is 0. The highest BCUT2D eigenvalue weighted by Crippen LogP contribution is 2.73. The maximum Gasteiger partial charge on any atom is 0.303 e. The zero-order valence-corrected chi connectivity index (χ0v) is 30.6. The highest BCUT2D eigenvalue weighted by molar-refractivity contribution is 5.96. The second-order valence-corrected chi connectivity index (χ2v) is 15.5. The molecule has 11 heteroatoms. The number of allylic oxidation sites excluding steroid dienone is 2. The van der Waals surface area contributed by atoms with Crippen LogP contribution in [-0.2, 0) is 42.9 Å². The number of ether oxygens (including phenoxy) is 5. The summed E-state index contributed by atoms with van der Waals surface area (Å²) in [6.07, 6.45) is 6.80. The van der Waals surface area contributed by atoms with Gasteiger partial charge in [0.05, 0.1) is 18.6 Å². The molecule has 11 nitrogen and oxygen atoms in total. The Morgan fingerprint density at radius 1 is 0.980 bits per heavy atom. The lowest BCUT2D eigenvalue weighted by Crippen LogP contribution is -2.75. The van der Waals surface area contributed by atoms with Gasteiger partial charge in [-0.05, 0) is 67.6 Å². The normalized spacial score (nSPS) is 38.1. The molecule has 2 saturated carbocycles. The lowest BCUT2D eigenvalue weighted by molar-refractivity contribution is -0.300. The molecular formula is C39H51NO10. The van der Waals surface area contributed by atoms with Crippen molar-refractivity contribution in [2.24, 2.45) is 39.4 Å². The summed E-state index contributed by atoms with van der Waals surface area (Å²) in [4.78, 5) is 69.7. The zero-order valence-electron chi connectivity index (χ0n) is 30.6. The Morgan fingerprint density at radius 3 is 2.26 bits per heavy atom. The van der Waals surface area contributed by atoms with Crippen LogP contribution < -0.4 is 0 Å². The van der Waals surface area contributed by atoms with Gasteiger partial charge in [-0.2, -0.15) is 0 Å². The van der Waals surface area contributed by atoms with Crippen LogP contribution in [0.4, 0.5) is 0 Å². The summed E-state index contributed by atoms with van der Waals surface area (Å²) in [5.74, 6) is -3.46. The van der Waals surface area contributed by atoms with E-state index >= 15 is 0 Å². The average molecular weight is 694 g/mol. The van der Waals surface area contributed by atoms with Gasteiger partial charge in [0, 0.05) is 63.4 Å². The van der Waals surface area contributed by atoms with Crippen LogP contribution in [0.3, 0.4) is 0 Å². The van der Waals surface area contributed by atoms with Gasteiger partial charge in [-0.3, -0.25) is 29.0 Å². The molecule has 0 N–H and O–H groups in total. The molecule has 0 bridgehead atoms. The van der Waals surface area contributed by atoms with Crippen molar-refractivity contribution in [3.8, 4) is 0 Å². The number of ketones is 1. The van der Waals surface area contributed by atoms with Gasteiger partial charge in [0.15, 0.2) is 11.9 Å². The molecule has 272 valence electrons. The van der Waals surface area contributed by atoms with Crippen molar-refractivity contribution in [3.05, 3.63) is 53.9 Å². The lowest BCUT2D eigenvalue weighted by Gasteiger charge is -2.71. The lowest BCUT2D eigenvalue weighted by atomic mass is 9.34. The van der Waals surface area contributed by atoms with E-state index in [9.17, 15) is 24.0 Å². The molecule has 0 radical (unpaired) electrons. The molecule has 3 aliphatic carbocycles. The van der Waals surface area contributed by atoms with Crippen molar-refractivity contribution in [2.45, 2.75) is 106 Å². The second-order valence-electron chi connectivity index (χ2n) is 15.5. The molecule has 1 aromatic rings. The topological polar surface area (TPSA) is 144 Å². The molecule has 4 aliphatic rings. The van der Waals surface area contributed by atoms with E-state index in [1.54, 1.807) is 31.5 Å². The van der Waals surface area contributed by atoms with Gasteiger partial charge in [0.1, 0.15) is 18.3 Å². The minimum Gasteiger partial charge on any atom is -0.462 e. The number of aromatic nitrogens is 1. The smallest absolute Gasteiger partial charge is 0.303 e. The number of carbonyl (C=O) groups is 5. The summed E-state index contributed by atoms with van der Waals surface area (Å²) in [6.45, 7) is 15.7. The van der Waals surface area contributed by atoms with E-state index < -0.39 is 81.8 Å². The van der Waals surface area contributed by atoms with Gasteiger partial charge < -0.3 is 23.7 Å². The number of fused-ring (bicyclic) bond motifs is 5. The summed E-state index contributed by atoms with van der Waals surface area (Å²) in [5.41, 5.74) is -2.08. The fourth-order valence-electron chi connectivity index (χ4n) is 10.7. The van der Waals surface area contributed by atoms with E-state index in [-0.39, 0.29) is 31.3 Å². The van der Waals surface area contributed by atoms with Crippen LogP contribution in [0.5, 0.6) is 0 Å². The summed E-state index contributed by atoms with van der Waals surface area (Å²) in [5, 5.41) is 0. The maximum absolute atomic E-state index is 13.9. The maximum atomic E-state index is 13.9. The van der Waals surface area contributed by atoms with Crippen LogP contribution in [0.15, 0.2) is 48.3 Å². The molecular weight excluding hydrogens is 642 g/mol. The first-order valence-electron chi connectivity index (χ1n) is 17.5.